The van der Waals surface area contributed by atoms with Gasteiger partial charge in [0.1, 0.15) is 0 Å². The summed E-state index contributed by atoms with van der Waals surface area (Å²) in [5.41, 5.74) is 4.18. The number of nitrogens with zero attached hydrogens (tertiary/aromatic N) is 1. The van der Waals surface area contributed by atoms with Crippen LogP contribution in [0.3, 0.4) is 0 Å². The number of hydrogen-bond acceptors (Lipinski definition) is 5. The first-order valence-electron chi connectivity index (χ1n) is 9.98. The van der Waals surface area contributed by atoms with Crippen LogP contribution in [0.5, 0.6) is 11.5 Å². The van der Waals surface area contributed by atoms with Gasteiger partial charge in [-0.05, 0) is 79.2 Å². The van der Waals surface area contributed by atoms with Crippen molar-refractivity contribution in [2.45, 2.75) is 6.92 Å². The zero-order chi connectivity index (χ0) is 23.6. The van der Waals surface area contributed by atoms with E-state index in [-0.39, 0.29) is 18.4 Å². The predicted octanol–water partition coefficient (Wildman–Crippen LogP) is 5.17. The van der Waals surface area contributed by atoms with Crippen LogP contribution in [0.15, 0.2) is 71.8 Å². The molecule has 0 fully saturated rings. The summed E-state index contributed by atoms with van der Waals surface area (Å²) in [7, 11) is 0. The quantitative estimate of drug-likeness (QED) is 0.323. The Hall–Kier alpha value is -3.55. The Morgan fingerprint density at radius 1 is 0.909 bits per heavy atom. The van der Waals surface area contributed by atoms with Gasteiger partial charge in [-0.1, -0.05) is 23.2 Å². The molecule has 33 heavy (non-hydrogen) atoms. The number of carbonyl (C=O) groups excluding carboxylic acids is 2. The van der Waals surface area contributed by atoms with E-state index in [1.165, 1.54) is 6.21 Å². The molecule has 0 unspecified atom stereocenters. The fourth-order valence-corrected chi connectivity index (χ4v) is 2.95. The molecule has 0 aliphatic rings. The van der Waals surface area contributed by atoms with Crippen LogP contribution >= 0.6 is 23.2 Å². The van der Waals surface area contributed by atoms with Crippen molar-refractivity contribution in [1.29, 1.82) is 0 Å². The molecule has 0 saturated carbocycles. The van der Waals surface area contributed by atoms with E-state index in [2.05, 4.69) is 15.8 Å². The fourth-order valence-electron chi connectivity index (χ4n) is 2.70. The maximum atomic E-state index is 12.2. The van der Waals surface area contributed by atoms with E-state index in [4.69, 9.17) is 32.7 Å². The van der Waals surface area contributed by atoms with Crippen molar-refractivity contribution < 1.29 is 19.1 Å². The van der Waals surface area contributed by atoms with Crippen molar-refractivity contribution >= 4 is 46.9 Å². The standard InChI is InChI=1S/C24H21Cl2N3O4/c1-2-32-22-13-16(14-27-29-24(31)17-4-6-18(25)7-5-17)3-12-21(22)33-15-23(30)28-20-10-8-19(26)9-11-20/h3-14H,2,15H2,1H3,(H,28,30)(H,29,31)/b27-14+. The maximum Gasteiger partial charge on any atom is 0.271 e. The molecule has 0 aliphatic heterocycles. The first-order chi connectivity index (χ1) is 15.9. The van der Waals surface area contributed by atoms with E-state index in [0.29, 0.717) is 45.0 Å². The molecule has 9 heteroatoms. The summed E-state index contributed by atoms with van der Waals surface area (Å²) >= 11 is 11.7. The maximum absolute atomic E-state index is 12.2. The summed E-state index contributed by atoms with van der Waals surface area (Å²) in [5, 5.41) is 7.82. The van der Waals surface area contributed by atoms with Gasteiger partial charge in [0.25, 0.3) is 11.8 Å². The van der Waals surface area contributed by atoms with Gasteiger partial charge >= 0.3 is 0 Å². The van der Waals surface area contributed by atoms with E-state index in [0.717, 1.165) is 0 Å². The first-order valence-corrected chi connectivity index (χ1v) is 10.7. The lowest BCUT2D eigenvalue weighted by Crippen LogP contribution is -2.20. The Balaban J connectivity index is 1.59. The number of hydrogen-bond donors (Lipinski definition) is 2. The van der Waals surface area contributed by atoms with E-state index in [1.54, 1.807) is 66.7 Å². The summed E-state index contributed by atoms with van der Waals surface area (Å²) in [6, 6.07) is 18.3. The highest BCUT2D eigenvalue weighted by atomic mass is 35.5. The van der Waals surface area contributed by atoms with E-state index >= 15 is 0 Å². The van der Waals surface area contributed by atoms with Gasteiger partial charge < -0.3 is 14.8 Å². The number of rotatable bonds is 9. The highest BCUT2D eigenvalue weighted by Gasteiger charge is 2.10. The third kappa shape index (κ3) is 7.52. The van der Waals surface area contributed by atoms with Crippen LogP contribution in [0, 0.1) is 0 Å². The minimum absolute atomic E-state index is 0.201. The van der Waals surface area contributed by atoms with Crippen molar-refractivity contribution in [2.24, 2.45) is 5.10 Å². The number of halogens is 2. The molecule has 2 N–H and O–H groups in total. The number of amides is 2. The van der Waals surface area contributed by atoms with Crippen LogP contribution in [0.25, 0.3) is 0 Å². The third-order valence-electron chi connectivity index (χ3n) is 4.24. The second-order valence-electron chi connectivity index (χ2n) is 6.69. The lowest BCUT2D eigenvalue weighted by molar-refractivity contribution is -0.118. The Kier molecular flexibility index (Phi) is 8.69. The first kappa shape index (κ1) is 24.1. The summed E-state index contributed by atoms with van der Waals surface area (Å²) in [6.45, 7) is 2.04. The molecule has 7 nitrogen and oxygen atoms in total. The SMILES string of the molecule is CCOc1cc(/C=N/NC(=O)c2ccc(Cl)cc2)ccc1OCC(=O)Nc1ccc(Cl)cc1. The van der Waals surface area contributed by atoms with Gasteiger partial charge in [0, 0.05) is 21.3 Å². The molecule has 0 aromatic heterocycles. The predicted molar refractivity (Wildman–Crippen MR) is 130 cm³/mol. The molecule has 170 valence electrons. The molecule has 0 atom stereocenters. The smallest absolute Gasteiger partial charge is 0.271 e. The Labute approximate surface area is 201 Å². The molecule has 0 spiro atoms. The Bertz CT molecular complexity index is 1130. The number of carbonyl (C=O) groups is 2. The second kappa shape index (κ2) is 11.9. The highest BCUT2D eigenvalue weighted by Crippen LogP contribution is 2.28. The van der Waals surface area contributed by atoms with Gasteiger partial charge in [-0.3, -0.25) is 9.59 Å². The number of nitrogens with one attached hydrogen (secondary N) is 2. The minimum Gasteiger partial charge on any atom is -0.490 e. The fraction of sp³-hybridized carbons (Fsp3) is 0.125. The zero-order valence-electron chi connectivity index (χ0n) is 17.7. The largest absolute Gasteiger partial charge is 0.490 e. The van der Waals surface area contributed by atoms with E-state index in [1.807, 2.05) is 6.92 Å². The number of hydrazone groups is 1. The monoisotopic (exact) mass is 485 g/mol. The molecule has 0 heterocycles. The minimum atomic E-state index is -0.361. The van der Waals surface area contributed by atoms with Gasteiger partial charge in [-0.15, -0.1) is 0 Å². The number of anilines is 1. The molecule has 0 saturated heterocycles. The normalized spacial score (nSPS) is 10.6. The van der Waals surface area contributed by atoms with E-state index in [9.17, 15) is 9.59 Å². The van der Waals surface area contributed by atoms with E-state index < -0.39 is 0 Å². The average molecular weight is 486 g/mol. The van der Waals surface area contributed by atoms with Crippen LogP contribution in [-0.2, 0) is 4.79 Å². The second-order valence-corrected chi connectivity index (χ2v) is 7.56. The van der Waals surface area contributed by atoms with Crippen molar-refractivity contribution in [1.82, 2.24) is 5.43 Å². The van der Waals surface area contributed by atoms with Crippen LogP contribution in [0.2, 0.25) is 10.0 Å². The molecular weight excluding hydrogens is 465 g/mol. The summed E-state index contributed by atoms with van der Waals surface area (Å²) in [5.74, 6) is 0.171. The molecule has 0 radical (unpaired) electrons. The summed E-state index contributed by atoms with van der Waals surface area (Å²) in [4.78, 5) is 24.3. The van der Waals surface area contributed by atoms with Gasteiger partial charge in [-0.2, -0.15) is 5.10 Å². The average Bonchev–Trinajstić information content (AvgIpc) is 2.80. The lowest BCUT2D eigenvalue weighted by Gasteiger charge is -2.12. The van der Waals surface area contributed by atoms with Crippen molar-refractivity contribution in [3.8, 4) is 11.5 Å². The van der Waals surface area contributed by atoms with Gasteiger partial charge in [0.05, 0.1) is 12.8 Å². The molecule has 3 aromatic carbocycles. The molecule has 3 aromatic rings. The summed E-state index contributed by atoms with van der Waals surface area (Å²) in [6.07, 6.45) is 1.48. The number of ether oxygens (including phenoxy) is 2. The molecule has 0 aliphatic carbocycles. The van der Waals surface area contributed by atoms with Crippen molar-refractivity contribution in [2.75, 3.05) is 18.5 Å². The summed E-state index contributed by atoms with van der Waals surface area (Å²) < 4.78 is 11.2. The number of benzene rings is 3. The lowest BCUT2D eigenvalue weighted by atomic mass is 10.2. The molecule has 0 bridgehead atoms. The van der Waals surface area contributed by atoms with Gasteiger partial charge in [0.15, 0.2) is 18.1 Å². The highest BCUT2D eigenvalue weighted by molar-refractivity contribution is 6.31. The van der Waals surface area contributed by atoms with Crippen LogP contribution in [-0.4, -0.2) is 31.2 Å². The van der Waals surface area contributed by atoms with Crippen LogP contribution in [0.4, 0.5) is 5.69 Å². The third-order valence-corrected chi connectivity index (χ3v) is 4.74. The zero-order valence-corrected chi connectivity index (χ0v) is 19.2. The molecule has 3 rings (SSSR count). The molecule has 2 amide bonds. The van der Waals surface area contributed by atoms with Crippen molar-refractivity contribution in [3.63, 3.8) is 0 Å². The van der Waals surface area contributed by atoms with Gasteiger partial charge in [0.2, 0.25) is 0 Å². The van der Waals surface area contributed by atoms with Gasteiger partial charge in [-0.25, -0.2) is 5.43 Å². The van der Waals surface area contributed by atoms with Crippen molar-refractivity contribution in [3.05, 3.63) is 87.9 Å². The molecular formula is C24H21Cl2N3O4. The van der Waals surface area contributed by atoms with Crippen LogP contribution < -0.4 is 20.2 Å². The Morgan fingerprint density at radius 3 is 2.24 bits per heavy atom. The Morgan fingerprint density at radius 2 is 1.58 bits per heavy atom. The van der Waals surface area contributed by atoms with Crippen LogP contribution in [0.1, 0.15) is 22.8 Å². The topological polar surface area (TPSA) is 89.0 Å².